The van der Waals surface area contributed by atoms with Gasteiger partial charge in [0.05, 0.1) is 12.1 Å². The molecule has 3 heterocycles. The number of rotatable bonds is 4. The summed E-state index contributed by atoms with van der Waals surface area (Å²) >= 11 is 0. The second-order valence-corrected chi connectivity index (χ2v) is 4.60. The summed E-state index contributed by atoms with van der Waals surface area (Å²) in [4.78, 5) is 22.6. The van der Waals surface area contributed by atoms with E-state index in [1.807, 2.05) is 13.0 Å². The number of pyridine rings is 1. The summed E-state index contributed by atoms with van der Waals surface area (Å²) in [6.07, 6.45) is 0.0602. The Morgan fingerprint density at radius 3 is 3.05 bits per heavy atom. The number of ether oxygens (including phenoxy) is 2. The van der Waals surface area contributed by atoms with Gasteiger partial charge in [-0.25, -0.2) is 9.78 Å². The van der Waals surface area contributed by atoms with Gasteiger partial charge in [0.1, 0.15) is 11.9 Å². The van der Waals surface area contributed by atoms with E-state index >= 15 is 0 Å². The number of carbonyl (C=O) groups is 1. The van der Waals surface area contributed by atoms with Crippen LogP contribution < -0.4 is 4.74 Å². The maximum Gasteiger partial charge on any atom is 0.332 e. The quantitative estimate of drug-likeness (QED) is 0.882. The monoisotopic (exact) mass is 277 g/mol. The molecule has 0 saturated carbocycles. The first kappa shape index (κ1) is 12.9. The van der Waals surface area contributed by atoms with Gasteiger partial charge in [-0.05, 0) is 25.8 Å². The zero-order chi connectivity index (χ0) is 14.1. The van der Waals surface area contributed by atoms with E-state index < -0.39 is 12.1 Å². The average molecular weight is 277 g/mol. The minimum absolute atomic E-state index is 0.319. The number of aliphatic carboxylic acids is 1. The van der Waals surface area contributed by atoms with Crippen LogP contribution in [0.4, 0.5) is 0 Å². The molecule has 0 bridgehead atoms. The number of fused-ring (bicyclic) bond motifs is 1. The minimum atomic E-state index is -0.930. The molecule has 0 aromatic carbocycles. The van der Waals surface area contributed by atoms with Gasteiger partial charge in [-0.15, -0.1) is 0 Å². The molecule has 20 heavy (non-hydrogen) atoms. The van der Waals surface area contributed by atoms with Gasteiger partial charge in [0, 0.05) is 6.07 Å². The van der Waals surface area contributed by atoms with Gasteiger partial charge in [0.25, 0.3) is 0 Å². The Hall–Kier alpha value is -2.15. The lowest BCUT2D eigenvalue weighted by Crippen LogP contribution is -2.18. The standard InChI is InChI=1S/C13H15N3O4/c1-2-19-10-6-3-7-11(15-10)16-12(14-7)8-4-5-9(20-8)13(17)18/h3,6,8-9H,2,4-5H2,1H3,(H,17,18)(H,14,15,16). The van der Waals surface area contributed by atoms with Crippen LogP contribution in [-0.4, -0.2) is 38.7 Å². The lowest BCUT2D eigenvalue weighted by atomic mass is 10.2. The number of aromatic amines is 1. The molecule has 1 aliphatic rings. The Morgan fingerprint density at radius 2 is 2.35 bits per heavy atom. The molecule has 0 radical (unpaired) electrons. The average Bonchev–Trinajstić information content (AvgIpc) is 3.05. The van der Waals surface area contributed by atoms with Crippen molar-refractivity contribution in [3.8, 4) is 5.88 Å². The van der Waals surface area contributed by atoms with E-state index in [1.54, 1.807) is 6.07 Å². The molecule has 1 aliphatic heterocycles. The summed E-state index contributed by atoms with van der Waals surface area (Å²) in [5, 5.41) is 8.93. The lowest BCUT2D eigenvalue weighted by molar-refractivity contribution is -0.149. The third-order valence-electron chi connectivity index (χ3n) is 3.23. The first-order valence-electron chi connectivity index (χ1n) is 6.55. The maximum atomic E-state index is 10.9. The van der Waals surface area contributed by atoms with Crippen molar-refractivity contribution in [3.63, 3.8) is 0 Å². The Kier molecular flexibility index (Phi) is 3.27. The predicted molar refractivity (Wildman–Crippen MR) is 69.5 cm³/mol. The van der Waals surface area contributed by atoms with Gasteiger partial charge in [-0.1, -0.05) is 0 Å². The molecule has 0 aliphatic carbocycles. The van der Waals surface area contributed by atoms with Gasteiger partial charge in [0.2, 0.25) is 5.88 Å². The molecule has 2 aromatic rings. The zero-order valence-corrected chi connectivity index (χ0v) is 11.0. The van der Waals surface area contributed by atoms with Crippen LogP contribution in [-0.2, 0) is 9.53 Å². The number of hydrogen-bond donors (Lipinski definition) is 2. The van der Waals surface area contributed by atoms with Crippen LogP contribution in [0.3, 0.4) is 0 Å². The number of aromatic nitrogens is 3. The fraction of sp³-hybridized carbons (Fsp3) is 0.462. The third-order valence-corrected chi connectivity index (χ3v) is 3.23. The second kappa shape index (κ2) is 5.09. The SMILES string of the molecule is CCOc1ccc2[nH]c(C3CCC(C(=O)O)O3)nc2n1. The van der Waals surface area contributed by atoms with Crippen LogP contribution in [0.25, 0.3) is 11.2 Å². The Morgan fingerprint density at radius 1 is 1.50 bits per heavy atom. The van der Waals surface area contributed by atoms with Crippen LogP contribution in [0.2, 0.25) is 0 Å². The summed E-state index contributed by atoms with van der Waals surface area (Å²) in [5.74, 6) is 0.207. The van der Waals surface area contributed by atoms with E-state index in [2.05, 4.69) is 15.0 Å². The Bertz CT molecular complexity index is 640. The third kappa shape index (κ3) is 2.32. The van der Waals surface area contributed by atoms with Gasteiger partial charge in [-0.2, -0.15) is 4.98 Å². The molecule has 3 rings (SSSR count). The van der Waals surface area contributed by atoms with Crippen molar-refractivity contribution in [3.05, 3.63) is 18.0 Å². The summed E-state index contributed by atoms with van der Waals surface area (Å²) in [6.45, 7) is 2.43. The molecule has 2 unspecified atom stereocenters. The number of H-pyrrole nitrogens is 1. The van der Waals surface area contributed by atoms with Crippen molar-refractivity contribution in [1.29, 1.82) is 0 Å². The minimum Gasteiger partial charge on any atom is -0.479 e. The van der Waals surface area contributed by atoms with Gasteiger partial charge < -0.3 is 19.6 Å². The highest BCUT2D eigenvalue weighted by Gasteiger charge is 2.33. The number of nitrogens with one attached hydrogen (secondary N) is 1. The normalized spacial score (nSPS) is 22.2. The first-order valence-corrected chi connectivity index (χ1v) is 6.55. The van der Waals surface area contributed by atoms with Gasteiger partial charge in [0.15, 0.2) is 11.8 Å². The molecule has 106 valence electrons. The van der Waals surface area contributed by atoms with Crippen molar-refractivity contribution < 1.29 is 19.4 Å². The van der Waals surface area contributed by atoms with Crippen LogP contribution in [0.15, 0.2) is 12.1 Å². The molecule has 2 N–H and O–H groups in total. The lowest BCUT2D eigenvalue weighted by Gasteiger charge is -2.07. The van der Waals surface area contributed by atoms with Crippen molar-refractivity contribution in [2.45, 2.75) is 32.0 Å². The largest absolute Gasteiger partial charge is 0.479 e. The van der Waals surface area contributed by atoms with Crippen LogP contribution >= 0.6 is 0 Å². The topological polar surface area (TPSA) is 97.3 Å². The number of nitrogens with zero attached hydrogens (tertiary/aromatic N) is 2. The van der Waals surface area contributed by atoms with E-state index in [9.17, 15) is 4.79 Å². The molecule has 2 atom stereocenters. The molecule has 7 nitrogen and oxygen atoms in total. The number of hydrogen-bond acceptors (Lipinski definition) is 5. The number of carboxylic acids is 1. The maximum absolute atomic E-state index is 10.9. The Labute approximate surface area is 114 Å². The fourth-order valence-corrected chi connectivity index (χ4v) is 2.29. The summed E-state index contributed by atoms with van der Waals surface area (Å²) < 4.78 is 10.8. The van der Waals surface area contributed by atoms with Crippen LogP contribution in [0.5, 0.6) is 5.88 Å². The zero-order valence-electron chi connectivity index (χ0n) is 11.0. The van der Waals surface area contributed by atoms with E-state index in [0.29, 0.717) is 36.8 Å². The highest BCUT2D eigenvalue weighted by Crippen LogP contribution is 2.32. The van der Waals surface area contributed by atoms with E-state index in [-0.39, 0.29) is 6.10 Å². The van der Waals surface area contributed by atoms with E-state index in [1.165, 1.54) is 0 Å². The molecule has 7 heteroatoms. The highest BCUT2D eigenvalue weighted by molar-refractivity contribution is 5.73. The van der Waals surface area contributed by atoms with E-state index in [4.69, 9.17) is 14.6 Å². The highest BCUT2D eigenvalue weighted by atomic mass is 16.5. The van der Waals surface area contributed by atoms with Gasteiger partial charge in [-0.3, -0.25) is 0 Å². The molecule has 0 spiro atoms. The van der Waals surface area contributed by atoms with Crippen LogP contribution in [0.1, 0.15) is 31.7 Å². The molecule has 1 fully saturated rings. The summed E-state index contributed by atoms with van der Waals surface area (Å²) in [6, 6.07) is 3.61. The molecular weight excluding hydrogens is 262 g/mol. The number of carboxylic acid groups (broad SMARTS) is 1. The fourth-order valence-electron chi connectivity index (χ4n) is 2.29. The van der Waals surface area contributed by atoms with Crippen molar-refractivity contribution in [1.82, 2.24) is 15.0 Å². The predicted octanol–water partition coefficient (Wildman–Crippen LogP) is 1.66. The first-order chi connectivity index (χ1) is 9.67. The number of imidazole rings is 1. The van der Waals surface area contributed by atoms with Gasteiger partial charge >= 0.3 is 5.97 Å². The van der Waals surface area contributed by atoms with Crippen molar-refractivity contribution in [2.75, 3.05) is 6.61 Å². The van der Waals surface area contributed by atoms with Crippen molar-refractivity contribution in [2.24, 2.45) is 0 Å². The molecule has 1 saturated heterocycles. The van der Waals surface area contributed by atoms with E-state index in [0.717, 1.165) is 5.52 Å². The molecule has 2 aromatic heterocycles. The summed E-state index contributed by atoms with van der Waals surface area (Å²) in [5.41, 5.74) is 1.33. The molecule has 0 amide bonds. The summed E-state index contributed by atoms with van der Waals surface area (Å²) in [7, 11) is 0. The smallest absolute Gasteiger partial charge is 0.332 e. The second-order valence-electron chi connectivity index (χ2n) is 4.60. The van der Waals surface area contributed by atoms with Crippen LogP contribution in [0, 0.1) is 0 Å². The van der Waals surface area contributed by atoms with Crippen molar-refractivity contribution >= 4 is 17.1 Å². The molecular formula is C13H15N3O4. The Balaban J connectivity index is 1.84.